The van der Waals surface area contributed by atoms with Crippen LogP contribution in [0.25, 0.3) is 0 Å². The van der Waals surface area contributed by atoms with Crippen LogP contribution in [0.1, 0.15) is 39.4 Å². The lowest BCUT2D eigenvalue weighted by molar-refractivity contribution is 0.856. The third-order valence-electron chi connectivity index (χ3n) is 3.87. The average molecular weight is 239 g/mol. The quantitative estimate of drug-likeness (QED) is 0.843. The summed E-state index contributed by atoms with van der Waals surface area (Å²) < 4.78 is 0. The first kappa shape index (κ1) is 12.8. The molecule has 0 fully saturated rings. The van der Waals surface area contributed by atoms with Crippen molar-refractivity contribution in [3.63, 3.8) is 0 Å². The highest BCUT2D eigenvalue weighted by molar-refractivity contribution is 5.42. The highest BCUT2D eigenvalue weighted by Gasteiger charge is 2.12. The smallest absolute Gasteiger partial charge is 0.0554 e. The summed E-state index contributed by atoms with van der Waals surface area (Å²) in [4.78, 5) is 0. The first-order valence-electron chi connectivity index (χ1n) is 6.39. The van der Waals surface area contributed by atoms with Crippen LogP contribution in [0, 0.1) is 27.7 Å². The van der Waals surface area contributed by atoms with Crippen molar-refractivity contribution in [2.24, 2.45) is 5.73 Å². The van der Waals surface area contributed by atoms with Crippen LogP contribution in [-0.2, 0) is 0 Å². The van der Waals surface area contributed by atoms with E-state index in [4.69, 9.17) is 5.73 Å². The summed E-state index contributed by atoms with van der Waals surface area (Å²) in [6.45, 7) is 8.54. The molecule has 94 valence electrons. The lowest BCUT2D eigenvalue weighted by Crippen LogP contribution is -2.14. The molecular weight excluding hydrogens is 218 g/mol. The lowest BCUT2D eigenvalue weighted by Gasteiger charge is -2.17. The fraction of sp³-hybridized carbons (Fsp3) is 0.294. The van der Waals surface area contributed by atoms with Crippen molar-refractivity contribution in [3.05, 3.63) is 69.8 Å². The maximum absolute atomic E-state index is 6.40. The third kappa shape index (κ3) is 2.32. The van der Waals surface area contributed by atoms with E-state index < -0.39 is 0 Å². The molecule has 0 heterocycles. The van der Waals surface area contributed by atoms with Gasteiger partial charge in [-0.2, -0.15) is 0 Å². The van der Waals surface area contributed by atoms with Crippen LogP contribution >= 0.6 is 0 Å². The molecule has 0 radical (unpaired) electrons. The predicted octanol–water partition coefficient (Wildman–Crippen LogP) is 3.97. The van der Waals surface area contributed by atoms with Crippen LogP contribution in [0.4, 0.5) is 0 Å². The van der Waals surface area contributed by atoms with Gasteiger partial charge in [-0.25, -0.2) is 0 Å². The minimum Gasteiger partial charge on any atom is -0.320 e. The van der Waals surface area contributed by atoms with Gasteiger partial charge in [0.15, 0.2) is 0 Å². The molecule has 1 unspecified atom stereocenters. The van der Waals surface area contributed by atoms with Crippen LogP contribution in [0.15, 0.2) is 36.4 Å². The van der Waals surface area contributed by atoms with Crippen LogP contribution in [0.3, 0.4) is 0 Å². The Morgan fingerprint density at radius 1 is 0.833 bits per heavy atom. The summed E-state index contributed by atoms with van der Waals surface area (Å²) >= 11 is 0. The zero-order valence-electron chi connectivity index (χ0n) is 11.6. The van der Waals surface area contributed by atoms with E-state index in [1.54, 1.807) is 0 Å². The maximum atomic E-state index is 6.40. The van der Waals surface area contributed by atoms with Crippen molar-refractivity contribution in [3.8, 4) is 0 Å². The molecule has 0 bridgehead atoms. The molecule has 2 aromatic rings. The molecule has 0 saturated heterocycles. The number of benzene rings is 2. The summed E-state index contributed by atoms with van der Waals surface area (Å²) in [7, 11) is 0. The van der Waals surface area contributed by atoms with Gasteiger partial charge in [0.25, 0.3) is 0 Å². The zero-order chi connectivity index (χ0) is 13.3. The van der Waals surface area contributed by atoms with Crippen molar-refractivity contribution in [1.82, 2.24) is 0 Å². The van der Waals surface area contributed by atoms with Crippen LogP contribution in [0.5, 0.6) is 0 Å². The molecule has 2 rings (SSSR count). The largest absolute Gasteiger partial charge is 0.320 e. The summed E-state index contributed by atoms with van der Waals surface area (Å²) in [6, 6.07) is 12.8. The second kappa shape index (κ2) is 4.95. The molecule has 2 aromatic carbocycles. The minimum atomic E-state index is -0.0378. The van der Waals surface area contributed by atoms with Gasteiger partial charge in [0.05, 0.1) is 6.04 Å². The fourth-order valence-corrected chi connectivity index (χ4v) is 2.25. The molecule has 1 heteroatoms. The van der Waals surface area contributed by atoms with Crippen molar-refractivity contribution in [1.29, 1.82) is 0 Å². The Morgan fingerprint density at radius 3 is 2.22 bits per heavy atom. The van der Waals surface area contributed by atoms with Crippen molar-refractivity contribution in [2.45, 2.75) is 33.7 Å². The summed E-state index contributed by atoms with van der Waals surface area (Å²) in [5.41, 5.74) is 14.0. The maximum Gasteiger partial charge on any atom is 0.0554 e. The van der Waals surface area contributed by atoms with E-state index in [0.717, 1.165) is 0 Å². The highest BCUT2D eigenvalue weighted by Crippen LogP contribution is 2.25. The van der Waals surface area contributed by atoms with Gasteiger partial charge in [-0.1, -0.05) is 36.4 Å². The predicted molar refractivity (Wildman–Crippen MR) is 77.9 cm³/mol. The molecule has 0 aromatic heterocycles. The van der Waals surface area contributed by atoms with Gasteiger partial charge in [0, 0.05) is 0 Å². The Balaban J connectivity index is 2.44. The molecule has 0 spiro atoms. The average Bonchev–Trinajstić information content (AvgIpc) is 2.35. The van der Waals surface area contributed by atoms with E-state index in [9.17, 15) is 0 Å². The van der Waals surface area contributed by atoms with Gasteiger partial charge < -0.3 is 5.73 Å². The van der Waals surface area contributed by atoms with Crippen molar-refractivity contribution >= 4 is 0 Å². The Labute approximate surface area is 110 Å². The minimum absolute atomic E-state index is 0.0378. The number of aryl methyl sites for hydroxylation is 3. The Hall–Kier alpha value is -1.60. The SMILES string of the molecule is Cc1ccc(C(N)c2cccc(C)c2C)cc1C. The number of hydrogen-bond acceptors (Lipinski definition) is 1. The van der Waals surface area contributed by atoms with E-state index >= 15 is 0 Å². The van der Waals surface area contributed by atoms with Gasteiger partial charge in [-0.15, -0.1) is 0 Å². The standard InChI is InChI=1S/C17H21N/c1-11-8-9-15(10-13(11)3)17(18)16-7-5-6-12(2)14(16)4/h5-10,17H,18H2,1-4H3. The fourth-order valence-electron chi connectivity index (χ4n) is 2.25. The molecule has 0 aliphatic carbocycles. The van der Waals surface area contributed by atoms with Gasteiger partial charge in [0.2, 0.25) is 0 Å². The monoisotopic (exact) mass is 239 g/mol. The second-order valence-electron chi connectivity index (χ2n) is 5.11. The molecular formula is C17H21N. The molecule has 0 aliphatic heterocycles. The lowest BCUT2D eigenvalue weighted by atomic mass is 9.92. The van der Waals surface area contributed by atoms with E-state index in [2.05, 4.69) is 64.1 Å². The van der Waals surface area contributed by atoms with Gasteiger partial charge in [0.1, 0.15) is 0 Å². The highest BCUT2D eigenvalue weighted by atomic mass is 14.6. The third-order valence-corrected chi connectivity index (χ3v) is 3.87. The summed E-state index contributed by atoms with van der Waals surface area (Å²) in [5, 5.41) is 0. The zero-order valence-corrected chi connectivity index (χ0v) is 11.6. The molecule has 0 amide bonds. The van der Waals surface area contributed by atoms with E-state index in [1.807, 2.05) is 0 Å². The normalized spacial score (nSPS) is 12.5. The molecule has 2 N–H and O–H groups in total. The van der Waals surface area contributed by atoms with Gasteiger partial charge in [-0.05, 0) is 61.1 Å². The Morgan fingerprint density at radius 2 is 1.56 bits per heavy atom. The van der Waals surface area contributed by atoms with Gasteiger partial charge in [-0.3, -0.25) is 0 Å². The molecule has 18 heavy (non-hydrogen) atoms. The molecule has 0 saturated carbocycles. The number of hydrogen-bond donors (Lipinski definition) is 1. The Bertz CT molecular complexity index is 570. The number of rotatable bonds is 2. The topological polar surface area (TPSA) is 26.0 Å². The van der Waals surface area contributed by atoms with E-state index in [0.29, 0.717) is 0 Å². The number of nitrogens with two attached hydrogens (primary N) is 1. The first-order valence-corrected chi connectivity index (χ1v) is 6.39. The molecule has 1 nitrogen and oxygen atoms in total. The van der Waals surface area contributed by atoms with Crippen LogP contribution in [-0.4, -0.2) is 0 Å². The van der Waals surface area contributed by atoms with Gasteiger partial charge >= 0.3 is 0 Å². The van der Waals surface area contributed by atoms with Crippen molar-refractivity contribution < 1.29 is 0 Å². The molecule has 0 aliphatic rings. The van der Waals surface area contributed by atoms with Crippen LogP contribution in [0.2, 0.25) is 0 Å². The summed E-state index contributed by atoms with van der Waals surface area (Å²) in [6.07, 6.45) is 0. The Kier molecular flexibility index (Phi) is 3.53. The van der Waals surface area contributed by atoms with Crippen LogP contribution < -0.4 is 5.73 Å². The second-order valence-corrected chi connectivity index (χ2v) is 5.11. The summed E-state index contributed by atoms with van der Waals surface area (Å²) in [5.74, 6) is 0. The van der Waals surface area contributed by atoms with E-state index in [-0.39, 0.29) is 6.04 Å². The van der Waals surface area contributed by atoms with E-state index in [1.165, 1.54) is 33.4 Å². The first-order chi connectivity index (χ1) is 8.50. The van der Waals surface area contributed by atoms with Crippen molar-refractivity contribution in [2.75, 3.05) is 0 Å². The molecule has 1 atom stereocenters.